The first-order chi connectivity index (χ1) is 12.5. The quantitative estimate of drug-likeness (QED) is 0.839. The van der Waals surface area contributed by atoms with Crippen molar-refractivity contribution < 1.29 is 9.84 Å². The Hall–Kier alpha value is -1.75. The van der Waals surface area contributed by atoms with E-state index in [1.807, 2.05) is 43.3 Å². The van der Waals surface area contributed by atoms with Crippen LogP contribution in [0.5, 0.6) is 5.75 Å². The van der Waals surface area contributed by atoms with Crippen LogP contribution in [0, 0.1) is 13.8 Å². The van der Waals surface area contributed by atoms with Crippen molar-refractivity contribution in [2.75, 3.05) is 44.2 Å². The smallest absolute Gasteiger partial charge is 0.122 e. The van der Waals surface area contributed by atoms with E-state index in [0.717, 1.165) is 42.5 Å². The third-order valence-corrected chi connectivity index (χ3v) is 5.11. The van der Waals surface area contributed by atoms with Crippen molar-refractivity contribution in [1.82, 2.24) is 4.90 Å². The van der Waals surface area contributed by atoms with Gasteiger partial charge in [-0.25, -0.2) is 0 Å². The number of aliphatic hydroxyl groups excluding tert-OH is 1. The Morgan fingerprint density at radius 3 is 2.50 bits per heavy atom. The van der Waals surface area contributed by atoms with Gasteiger partial charge in [-0.3, -0.25) is 4.90 Å². The number of ether oxygens (including phenoxy) is 1. The van der Waals surface area contributed by atoms with Gasteiger partial charge in [0.2, 0.25) is 0 Å². The highest BCUT2D eigenvalue weighted by Gasteiger charge is 2.21. The third kappa shape index (κ3) is 4.91. The monoisotopic (exact) mass is 374 g/mol. The number of hydrogen-bond acceptors (Lipinski definition) is 4. The van der Waals surface area contributed by atoms with E-state index in [2.05, 4.69) is 22.8 Å². The van der Waals surface area contributed by atoms with Gasteiger partial charge in [-0.05, 0) is 43.2 Å². The van der Waals surface area contributed by atoms with Crippen molar-refractivity contribution in [1.29, 1.82) is 0 Å². The molecule has 0 aromatic heterocycles. The zero-order chi connectivity index (χ0) is 18.5. The molecular formula is C21H27ClN2O2. The summed E-state index contributed by atoms with van der Waals surface area (Å²) in [5.41, 5.74) is 3.54. The van der Waals surface area contributed by atoms with Crippen LogP contribution < -0.4 is 9.64 Å². The molecule has 5 heteroatoms. The minimum atomic E-state index is -0.492. The number of aryl methyl sites for hydroxylation is 2. The molecule has 1 fully saturated rings. The summed E-state index contributed by atoms with van der Waals surface area (Å²) < 4.78 is 5.76. The maximum atomic E-state index is 10.3. The van der Waals surface area contributed by atoms with Gasteiger partial charge < -0.3 is 14.7 Å². The summed E-state index contributed by atoms with van der Waals surface area (Å²) in [4.78, 5) is 4.66. The predicted octanol–water partition coefficient (Wildman–Crippen LogP) is 3.52. The van der Waals surface area contributed by atoms with E-state index in [0.29, 0.717) is 13.2 Å². The molecule has 1 atom stereocenters. The van der Waals surface area contributed by atoms with Gasteiger partial charge in [0.1, 0.15) is 18.5 Å². The molecule has 0 bridgehead atoms. The van der Waals surface area contributed by atoms with E-state index in [1.54, 1.807) is 0 Å². The zero-order valence-electron chi connectivity index (χ0n) is 15.5. The molecule has 140 valence electrons. The standard InChI is InChI=1S/C21H27ClN2O2/c1-16-7-8-18(22)13-20(16)24-11-9-23(10-12-24)14-19(25)15-26-21-6-4-3-5-17(21)2/h3-8,13,19,25H,9-12,14-15H2,1-2H3. The Balaban J connectivity index is 1.46. The highest BCUT2D eigenvalue weighted by atomic mass is 35.5. The molecule has 0 amide bonds. The molecule has 1 saturated heterocycles. The summed E-state index contributed by atoms with van der Waals surface area (Å²) in [6.45, 7) is 8.80. The lowest BCUT2D eigenvalue weighted by molar-refractivity contribution is 0.0661. The Labute approximate surface area is 160 Å². The molecule has 1 heterocycles. The second-order valence-electron chi connectivity index (χ2n) is 6.95. The summed E-state index contributed by atoms with van der Waals surface area (Å²) in [6, 6.07) is 13.9. The number of para-hydroxylation sites is 1. The second-order valence-corrected chi connectivity index (χ2v) is 7.39. The number of rotatable bonds is 6. The molecule has 26 heavy (non-hydrogen) atoms. The van der Waals surface area contributed by atoms with Gasteiger partial charge in [0, 0.05) is 43.4 Å². The van der Waals surface area contributed by atoms with Gasteiger partial charge in [0.15, 0.2) is 0 Å². The fourth-order valence-corrected chi connectivity index (χ4v) is 3.52. The number of benzene rings is 2. The molecular weight excluding hydrogens is 348 g/mol. The maximum absolute atomic E-state index is 10.3. The van der Waals surface area contributed by atoms with Crippen LogP contribution in [0.25, 0.3) is 0 Å². The van der Waals surface area contributed by atoms with Gasteiger partial charge in [-0.15, -0.1) is 0 Å². The van der Waals surface area contributed by atoms with Crippen molar-refractivity contribution in [3.05, 3.63) is 58.6 Å². The molecule has 4 nitrogen and oxygen atoms in total. The van der Waals surface area contributed by atoms with Gasteiger partial charge in [0.05, 0.1) is 0 Å². The number of hydrogen-bond donors (Lipinski definition) is 1. The van der Waals surface area contributed by atoms with Crippen LogP contribution in [0.3, 0.4) is 0 Å². The number of β-amino-alcohol motifs (C(OH)–C–C–N with tert-alkyl or cyclic N) is 1. The Kier molecular flexibility index (Phi) is 6.41. The van der Waals surface area contributed by atoms with Crippen LogP contribution in [0.4, 0.5) is 5.69 Å². The average Bonchev–Trinajstić information content (AvgIpc) is 2.64. The van der Waals surface area contributed by atoms with Crippen LogP contribution in [-0.2, 0) is 0 Å². The normalized spacial score (nSPS) is 16.5. The molecule has 0 aliphatic carbocycles. The van der Waals surface area contributed by atoms with Crippen LogP contribution in [0.2, 0.25) is 5.02 Å². The molecule has 0 spiro atoms. The van der Waals surface area contributed by atoms with E-state index in [1.165, 1.54) is 11.3 Å². The topological polar surface area (TPSA) is 35.9 Å². The van der Waals surface area contributed by atoms with Crippen molar-refractivity contribution in [3.8, 4) is 5.75 Å². The van der Waals surface area contributed by atoms with Gasteiger partial charge in [-0.1, -0.05) is 35.9 Å². The van der Waals surface area contributed by atoms with Gasteiger partial charge in [0.25, 0.3) is 0 Å². The fourth-order valence-electron chi connectivity index (χ4n) is 3.35. The van der Waals surface area contributed by atoms with Crippen molar-refractivity contribution in [3.63, 3.8) is 0 Å². The highest BCUT2D eigenvalue weighted by Crippen LogP contribution is 2.25. The maximum Gasteiger partial charge on any atom is 0.122 e. The molecule has 1 aliphatic heterocycles. The molecule has 1 unspecified atom stereocenters. The summed E-state index contributed by atoms with van der Waals surface area (Å²) in [5, 5.41) is 11.1. The minimum Gasteiger partial charge on any atom is -0.491 e. The lowest BCUT2D eigenvalue weighted by Gasteiger charge is -2.37. The number of aliphatic hydroxyl groups is 1. The lowest BCUT2D eigenvalue weighted by atomic mass is 10.1. The van der Waals surface area contributed by atoms with Crippen LogP contribution >= 0.6 is 11.6 Å². The Morgan fingerprint density at radius 1 is 1.04 bits per heavy atom. The first-order valence-electron chi connectivity index (χ1n) is 9.13. The summed E-state index contributed by atoms with van der Waals surface area (Å²) >= 11 is 6.15. The number of nitrogens with zero attached hydrogens (tertiary/aromatic N) is 2. The minimum absolute atomic E-state index is 0.318. The first-order valence-corrected chi connectivity index (χ1v) is 9.50. The largest absolute Gasteiger partial charge is 0.491 e. The van der Waals surface area contributed by atoms with E-state index in [9.17, 15) is 5.11 Å². The highest BCUT2D eigenvalue weighted by molar-refractivity contribution is 6.30. The van der Waals surface area contributed by atoms with Crippen molar-refractivity contribution in [2.24, 2.45) is 0 Å². The summed E-state index contributed by atoms with van der Waals surface area (Å²) in [6.07, 6.45) is -0.492. The molecule has 3 rings (SSSR count). The molecule has 0 saturated carbocycles. The molecule has 0 radical (unpaired) electrons. The lowest BCUT2D eigenvalue weighted by Crippen LogP contribution is -2.49. The Morgan fingerprint density at radius 2 is 1.77 bits per heavy atom. The van der Waals surface area contributed by atoms with Crippen molar-refractivity contribution >= 4 is 17.3 Å². The van der Waals surface area contributed by atoms with Crippen LogP contribution in [0.1, 0.15) is 11.1 Å². The molecule has 2 aromatic carbocycles. The molecule has 1 aliphatic rings. The third-order valence-electron chi connectivity index (χ3n) is 4.88. The number of anilines is 1. The van der Waals surface area contributed by atoms with Crippen molar-refractivity contribution in [2.45, 2.75) is 20.0 Å². The fraction of sp³-hybridized carbons (Fsp3) is 0.429. The number of piperazine rings is 1. The SMILES string of the molecule is Cc1ccccc1OCC(O)CN1CCN(c2cc(Cl)ccc2C)CC1. The number of halogens is 1. The zero-order valence-corrected chi connectivity index (χ0v) is 16.2. The van der Waals surface area contributed by atoms with E-state index in [4.69, 9.17) is 16.3 Å². The van der Waals surface area contributed by atoms with Crippen LogP contribution in [-0.4, -0.2) is 55.4 Å². The van der Waals surface area contributed by atoms with Gasteiger partial charge >= 0.3 is 0 Å². The second kappa shape index (κ2) is 8.76. The summed E-state index contributed by atoms with van der Waals surface area (Å²) in [5.74, 6) is 0.841. The molecule has 1 N–H and O–H groups in total. The van der Waals surface area contributed by atoms with Gasteiger partial charge in [-0.2, -0.15) is 0 Å². The predicted molar refractivity (Wildman–Crippen MR) is 108 cm³/mol. The van der Waals surface area contributed by atoms with E-state index in [-0.39, 0.29) is 0 Å². The average molecular weight is 375 g/mol. The van der Waals surface area contributed by atoms with E-state index < -0.39 is 6.10 Å². The molecule has 2 aromatic rings. The first kappa shape index (κ1) is 19.0. The van der Waals surface area contributed by atoms with Crippen LogP contribution in [0.15, 0.2) is 42.5 Å². The Bertz CT molecular complexity index is 730. The summed E-state index contributed by atoms with van der Waals surface area (Å²) in [7, 11) is 0. The van der Waals surface area contributed by atoms with E-state index >= 15 is 0 Å².